The molecule has 0 aliphatic carbocycles. The molecule has 0 bridgehead atoms. The Hall–Kier alpha value is -1.77. The normalized spacial score (nSPS) is 18.8. The highest BCUT2D eigenvalue weighted by Gasteiger charge is 2.26. The van der Waals surface area contributed by atoms with Crippen molar-refractivity contribution < 1.29 is 9.53 Å². The van der Waals surface area contributed by atoms with Crippen molar-refractivity contribution in [1.82, 2.24) is 19.1 Å². The minimum Gasteiger partial charge on any atom is -0.469 e. The number of ether oxygens (including phenoxy) is 1. The Morgan fingerprint density at radius 1 is 1.40 bits per heavy atom. The lowest BCUT2D eigenvalue weighted by molar-refractivity contribution is -0.142. The van der Waals surface area contributed by atoms with Gasteiger partial charge in [0.1, 0.15) is 0 Å². The Morgan fingerprint density at radius 2 is 2.24 bits per heavy atom. The van der Waals surface area contributed by atoms with Crippen LogP contribution in [0, 0.1) is 4.77 Å². The van der Waals surface area contributed by atoms with Crippen molar-refractivity contribution in [2.75, 3.05) is 13.7 Å². The average Bonchev–Trinajstić information content (AvgIpc) is 3.13. The first-order chi connectivity index (χ1) is 12.2. The monoisotopic (exact) mass is 376 g/mol. The van der Waals surface area contributed by atoms with Crippen LogP contribution in [0.5, 0.6) is 0 Å². The van der Waals surface area contributed by atoms with Gasteiger partial charge in [0, 0.05) is 12.6 Å². The number of esters is 1. The molecule has 4 rings (SSSR count). The van der Waals surface area contributed by atoms with Gasteiger partial charge < -0.3 is 4.74 Å². The van der Waals surface area contributed by atoms with Crippen LogP contribution in [0.4, 0.5) is 0 Å². The summed E-state index contributed by atoms with van der Waals surface area (Å²) in [5, 5.41) is 4.71. The van der Waals surface area contributed by atoms with E-state index in [4.69, 9.17) is 22.1 Å². The van der Waals surface area contributed by atoms with Crippen molar-refractivity contribution in [3.63, 3.8) is 0 Å². The molecular weight excluding hydrogens is 356 g/mol. The van der Waals surface area contributed by atoms with Crippen LogP contribution < -0.4 is 0 Å². The molecule has 1 aromatic carbocycles. The van der Waals surface area contributed by atoms with E-state index in [1.54, 1.807) is 11.3 Å². The molecule has 8 heteroatoms. The van der Waals surface area contributed by atoms with Gasteiger partial charge in [-0.1, -0.05) is 29.9 Å². The summed E-state index contributed by atoms with van der Waals surface area (Å²) in [4.78, 5) is 14.9. The zero-order valence-corrected chi connectivity index (χ0v) is 15.7. The van der Waals surface area contributed by atoms with Gasteiger partial charge in [-0.2, -0.15) is 0 Å². The molecule has 1 fully saturated rings. The number of likely N-dealkylation sites (tertiary alicyclic amines) is 1. The fourth-order valence-corrected chi connectivity index (χ4v) is 4.87. The summed E-state index contributed by atoms with van der Waals surface area (Å²) in [5.41, 5.74) is 1.10. The quantitative estimate of drug-likeness (QED) is 0.516. The van der Waals surface area contributed by atoms with E-state index in [-0.39, 0.29) is 12.0 Å². The van der Waals surface area contributed by atoms with E-state index in [1.807, 2.05) is 21.2 Å². The number of methoxy groups -OCH3 is 1. The number of carbonyl (C=O) groups is 1. The average molecular weight is 377 g/mol. The van der Waals surface area contributed by atoms with Gasteiger partial charge in [-0.25, -0.2) is 4.68 Å². The second-order valence-electron chi connectivity index (χ2n) is 6.35. The van der Waals surface area contributed by atoms with Gasteiger partial charge in [0.15, 0.2) is 0 Å². The van der Waals surface area contributed by atoms with E-state index in [2.05, 4.69) is 17.0 Å². The molecule has 6 nitrogen and oxygen atoms in total. The molecular formula is C17H20N4O2S2. The van der Waals surface area contributed by atoms with Crippen LogP contribution in [-0.4, -0.2) is 44.7 Å². The molecule has 3 heterocycles. The van der Waals surface area contributed by atoms with E-state index < -0.39 is 0 Å². The number of carbonyl (C=O) groups excluding carboxylic acids is 1. The van der Waals surface area contributed by atoms with E-state index in [9.17, 15) is 4.79 Å². The van der Waals surface area contributed by atoms with Crippen LogP contribution in [0.1, 0.15) is 25.7 Å². The third-order valence-electron chi connectivity index (χ3n) is 4.81. The third-order valence-corrected chi connectivity index (χ3v) is 6.22. The molecule has 0 spiro atoms. The van der Waals surface area contributed by atoms with Crippen molar-refractivity contribution in [1.29, 1.82) is 0 Å². The summed E-state index contributed by atoms with van der Waals surface area (Å²) < 4.78 is 10.7. The first-order valence-corrected chi connectivity index (χ1v) is 9.68. The zero-order valence-electron chi connectivity index (χ0n) is 14.1. The second-order valence-corrected chi connectivity index (χ2v) is 7.73. The molecule has 1 unspecified atom stereocenters. The highest BCUT2D eigenvalue weighted by Crippen LogP contribution is 2.26. The van der Waals surface area contributed by atoms with Gasteiger partial charge in [0.05, 0.1) is 30.4 Å². The third kappa shape index (κ3) is 3.09. The summed E-state index contributed by atoms with van der Waals surface area (Å²) in [7, 11) is 1.44. The predicted octanol–water partition coefficient (Wildman–Crippen LogP) is 3.46. The molecule has 0 N–H and O–H groups in total. The van der Waals surface area contributed by atoms with Gasteiger partial charge in [0.2, 0.25) is 9.73 Å². The predicted molar refractivity (Wildman–Crippen MR) is 100 cm³/mol. The van der Waals surface area contributed by atoms with Crippen molar-refractivity contribution in [3.05, 3.63) is 29.0 Å². The number of thiazole rings is 1. The number of nitrogens with zero attached hydrogens (tertiary/aromatic N) is 4. The fourth-order valence-electron chi connectivity index (χ4n) is 3.50. The lowest BCUT2D eigenvalue weighted by Crippen LogP contribution is -2.42. The molecule has 0 radical (unpaired) electrons. The number of piperidine rings is 1. The number of rotatable bonds is 4. The van der Waals surface area contributed by atoms with E-state index >= 15 is 0 Å². The minimum atomic E-state index is -0.155. The van der Waals surface area contributed by atoms with E-state index in [1.165, 1.54) is 11.8 Å². The van der Waals surface area contributed by atoms with Crippen molar-refractivity contribution in [3.8, 4) is 0 Å². The lowest BCUT2D eigenvalue weighted by Gasteiger charge is -2.34. The lowest BCUT2D eigenvalue weighted by atomic mass is 10.00. The highest BCUT2D eigenvalue weighted by molar-refractivity contribution is 7.71. The molecule has 1 atom stereocenters. The second kappa shape index (κ2) is 6.86. The maximum atomic E-state index is 11.7. The molecule has 0 saturated carbocycles. The summed E-state index contributed by atoms with van der Waals surface area (Å²) in [6, 6.07) is 8.40. The Bertz CT molecular complexity index is 974. The number of fused-ring (bicyclic) bond motifs is 3. The maximum absolute atomic E-state index is 11.7. The molecule has 132 valence electrons. The topological polar surface area (TPSA) is 51.8 Å². The summed E-state index contributed by atoms with van der Waals surface area (Å²) in [6.45, 7) is 1.57. The maximum Gasteiger partial charge on any atom is 0.307 e. The van der Waals surface area contributed by atoms with Crippen LogP contribution in [-0.2, 0) is 16.2 Å². The first kappa shape index (κ1) is 16.7. The summed E-state index contributed by atoms with van der Waals surface area (Å²) in [6.07, 6.45) is 3.71. The number of benzene rings is 1. The van der Waals surface area contributed by atoms with Crippen LogP contribution in [0.2, 0.25) is 0 Å². The Kier molecular flexibility index (Phi) is 4.58. The smallest absolute Gasteiger partial charge is 0.307 e. The number of para-hydroxylation sites is 1. The van der Waals surface area contributed by atoms with E-state index in [0.29, 0.717) is 17.9 Å². The first-order valence-electron chi connectivity index (χ1n) is 8.45. The summed E-state index contributed by atoms with van der Waals surface area (Å²) >= 11 is 7.32. The molecule has 25 heavy (non-hydrogen) atoms. The zero-order chi connectivity index (χ0) is 17.4. The number of hydrogen-bond donors (Lipinski definition) is 0. The van der Waals surface area contributed by atoms with Gasteiger partial charge in [-0.3, -0.25) is 14.1 Å². The van der Waals surface area contributed by atoms with Gasteiger partial charge in [-0.15, -0.1) is 5.10 Å². The Balaban J connectivity index is 1.64. The number of aromatic nitrogens is 3. The van der Waals surface area contributed by atoms with Gasteiger partial charge in [-0.05, 0) is 37.2 Å². The largest absolute Gasteiger partial charge is 0.469 e. The molecule has 1 aliphatic heterocycles. The Morgan fingerprint density at radius 3 is 3.08 bits per heavy atom. The fraction of sp³-hybridized carbons (Fsp3) is 0.471. The SMILES string of the molecule is COC(=O)CC1CCCCN1Cn1nc2sc3ccccc3n2c1=S. The minimum absolute atomic E-state index is 0.155. The van der Waals surface area contributed by atoms with Crippen molar-refractivity contribution in [2.24, 2.45) is 0 Å². The Labute approximate surface area is 154 Å². The molecule has 1 saturated heterocycles. The van der Waals surface area contributed by atoms with Crippen LogP contribution in [0.15, 0.2) is 24.3 Å². The summed E-state index contributed by atoms with van der Waals surface area (Å²) in [5.74, 6) is -0.155. The van der Waals surface area contributed by atoms with Crippen molar-refractivity contribution >= 4 is 44.7 Å². The van der Waals surface area contributed by atoms with Crippen LogP contribution in [0.3, 0.4) is 0 Å². The van der Waals surface area contributed by atoms with E-state index in [0.717, 1.165) is 36.3 Å². The molecule has 2 aromatic heterocycles. The van der Waals surface area contributed by atoms with Gasteiger partial charge >= 0.3 is 5.97 Å². The number of hydrogen-bond acceptors (Lipinski definition) is 6. The van der Waals surface area contributed by atoms with Gasteiger partial charge in [0.25, 0.3) is 0 Å². The highest BCUT2D eigenvalue weighted by atomic mass is 32.1. The standard InChI is InChI=1S/C17H20N4O2S2/c1-23-15(22)10-12-6-4-5-9-19(12)11-20-17(24)21-13-7-2-3-8-14(13)25-16(21)18-20/h2-3,7-8,12H,4-6,9-11H2,1H3. The van der Waals surface area contributed by atoms with Crippen molar-refractivity contribution in [2.45, 2.75) is 38.4 Å². The molecule has 1 aliphatic rings. The van der Waals surface area contributed by atoms with Crippen LogP contribution >= 0.6 is 23.6 Å². The molecule has 3 aromatic rings. The molecule has 0 amide bonds. The van der Waals surface area contributed by atoms with Crippen LogP contribution in [0.25, 0.3) is 15.2 Å².